The number of fused-ring (bicyclic) bond motifs is 3. The number of nitrogens with zero attached hydrogens (tertiary/aromatic N) is 1. The second-order valence-electron chi connectivity index (χ2n) is 10.7. The van der Waals surface area contributed by atoms with Crippen LogP contribution in [0.1, 0.15) is 51.9 Å². The first-order chi connectivity index (χ1) is 13.3. The van der Waals surface area contributed by atoms with Crippen LogP contribution in [0.15, 0.2) is 48.7 Å². The lowest BCUT2D eigenvalue weighted by atomic mass is 9.41. The lowest BCUT2D eigenvalue weighted by Crippen LogP contribution is -2.60. The van der Waals surface area contributed by atoms with E-state index in [4.69, 9.17) is 0 Å². The Labute approximate surface area is 167 Å². The predicted octanol–water partition coefficient (Wildman–Crippen LogP) is 4.16. The summed E-state index contributed by atoms with van der Waals surface area (Å²) in [5.41, 5.74) is 2.89. The number of allylic oxidation sites excluding steroid dienone is 3. The van der Waals surface area contributed by atoms with E-state index >= 15 is 0 Å². The third-order valence-electron chi connectivity index (χ3n) is 10.3. The van der Waals surface area contributed by atoms with Gasteiger partial charge in [0.1, 0.15) is 0 Å². The molecule has 0 radical (unpaired) electrons. The highest BCUT2D eigenvalue weighted by Gasteiger charge is 2.84. The van der Waals surface area contributed by atoms with Crippen molar-refractivity contribution in [1.82, 2.24) is 4.90 Å². The maximum absolute atomic E-state index is 13.6. The number of aliphatic hydroxyl groups is 1. The van der Waals surface area contributed by atoms with Gasteiger partial charge in [0, 0.05) is 11.0 Å². The molecule has 5 aliphatic carbocycles. The van der Waals surface area contributed by atoms with E-state index in [1.165, 1.54) is 5.57 Å². The van der Waals surface area contributed by atoms with Gasteiger partial charge in [-0.1, -0.05) is 37.0 Å². The van der Waals surface area contributed by atoms with E-state index in [2.05, 4.69) is 37.6 Å². The molecular formula is C25H31NO2. The molecule has 7 rings (SSSR count). The molecule has 0 aromatic rings. The van der Waals surface area contributed by atoms with Crippen molar-refractivity contribution in [3.05, 3.63) is 48.7 Å². The Hall–Kier alpha value is -1.61. The Kier molecular flexibility index (Phi) is 2.93. The highest BCUT2D eigenvalue weighted by Crippen LogP contribution is 2.84. The summed E-state index contributed by atoms with van der Waals surface area (Å²) in [7, 11) is 0. The first-order valence-electron chi connectivity index (χ1n) is 11.0. The quantitative estimate of drug-likeness (QED) is 0.580. The molecule has 5 saturated carbocycles. The standard InChI is InChI=1S/C25H31NO2/c1-5-26-22(14-27)8-9-23(26)13-25(23)19(15(2)12-22)10-16(3)24-7-6-18(11-20(24)25)17(4)21(24)28/h5,12,18-20,27H,1,3-4,6-11,13-14H2,2H3. The largest absolute Gasteiger partial charge is 0.394 e. The molecule has 1 N–H and O–H groups in total. The van der Waals surface area contributed by atoms with E-state index in [0.717, 1.165) is 56.1 Å². The lowest BCUT2D eigenvalue weighted by Gasteiger charge is -2.61. The average Bonchev–Trinajstić information content (AvgIpc) is 3.24. The van der Waals surface area contributed by atoms with Crippen LogP contribution < -0.4 is 0 Å². The number of carbonyl (C=O) groups excluding carboxylic acids is 1. The number of Topliss-reactive ketones (excluding diaryl/α,β-unsaturated/α-hetero) is 1. The summed E-state index contributed by atoms with van der Waals surface area (Å²) >= 11 is 0. The van der Waals surface area contributed by atoms with Gasteiger partial charge in [-0.15, -0.1) is 0 Å². The molecule has 3 nitrogen and oxygen atoms in total. The minimum Gasteiger partial charge on any atom is -0.394 e. The Bertz CT molecular complexity index is 900. The van der Waals surface area contributed by atoms with Crippen molar-refractivity contribution in [3.63, 3.8) is 0 Å². The van der Waals surface area contributed by atoms with Crippen molar-refractivity contribution in [1.29, 1.82) is 0 Å². The van der Waals surface area contributed by atoms with E-state index < -0.39 is 0 Å². The first-order valence-corrected chi connectivity index (χ1v) is 11.0. The lowest BCUT2D eigenvalue weighted by molar-refractivity contribution is -0.142. The Morgan fingerprint density at radius 2 is 2.11 bits per heavy atom. The Morgan fingerprint density at radius 1 is 1.32 bits per heavy atom. The highest BCUT2D eigenvalue weighted by atomic mass is 16.3. The molecule has 0 amide bonds. The van der Waals surface area contributed by atoms with Crippen LogP contribution in [0.2, 0.25) is 0 Å². The molecule has 148 valence electrons. The maximum atomic E-state index is 13.6. The van der Waals surface area contributed by atoms with Crippen molar-refractivity contribution in [3.8, 4) is 0 Å². The van der Waals surface area contributed by atoms with Crippen LogP contribution in [-0.2, 0) is 4.79 Å². The summed E-state index contributed by atoms with van der Waals surface area (Å²) in [4.78, 5) is 16.0. The zero-order chi connectivity index (χ0) is 19.7. The number of aliphatic hydroxyl groups excluding tert-OH is 1. The normalized spacial score (nSPS) is 53.2. The van der Waals surface area contributed by atoms with Gasteiger partial charge < -0.3 is 10.0 Å². The maximum Gasteiger partial charge on any atom is 0.169 e. The van der Waals surface area contributed by atoms with E-state index in [1.807, 2.05) is 6.20 Å². The predicted molar refractivity (Wildman–Crippen MR) is 109 cm³/mol. The van der Waals surface area contributed by atoms with Gasteiger partial charge in [0.15, 0.2) is 5.78 Å². The van der Waals surface area contributed by atoms with Gasteiger partial charge in [0.25, 0.3) is 0 Å². The minimum absolute atomic E-state index is 0.0495. The van der Waals surface area contributed by atoms with Crippen molar-refractivity contribution in [2.75, 3.05) is 6.61 Å². The second kappa shape index (κ2) is 4.75. The molecule has 7 atom stereocenters. The van der Waals surface area contributed by atoms with Crippen LogP contribution in [0.4, 0.5) is 0 Å². The molecule has 2 aliphatic heterocycles. The summed E-state index contributed by atoms with van der Waals surface area (Å²) in [6, 6.07) is 0. The molecule has 7 aliphatic rings. The first kappa shape index (κ1) is 17.3. The van der Waals surface area contributed by atoms with Gasteiger partial charge in [-0.25, -0.2) is 0 Å². The van der Waals surface area contributed by atoms with Gasteiger partial charge in [-0.05, 0) is 81.4 Å². The molecule has 2 heterocycles. The summed E-state index contributed by atoms with van der Waals surface area (Å²) < 4.78 is 0. The third-order valence-corrected chi connectivity index (χ3v) is 10.3. The second-order valence-corrected chi connectivity index (χ2v) is 10.7. The number of hydrogen-bond acceptors (Lipinski definition) is 3. The molecule has 7 unspecified atom stereocenters. The molecule has 0 aromatic carbocycles. The van der Waals surface area contributed by atoms with Gasteiger partial charge in [0.05, 0.1) is 17.6 Å². The number of rotatable bonds is 2. The van der Waals surface area contributed by atoms with Gasteiger partial charge in [-0.3, -0.25) is 4.79 Å². The van der Waals surface area contributed by atoms with Crippen LogP contribution in [0.5, 0.6) is 0 Å². The van der Waals surface area contributed by atoms with Gasteiger partial charge in [0.2, 0.25) is 0 Å². The Balaban J connectivity index is 1.59. The fourth-order valence-electron chi connectivity index (χ4n) is 9.17. The van der Waals surface area contributed by atoms with Crippen LogP contribution in [0.25, 0.3) is 0 Å². The fraction of sp³-hybridized carbons (Fsp3) is 0.640. The average molecular weight is 378 g/mol. The smallest absolute Gasteiger partial charge is 0.169 e. The fourth-order valence-corrected chi connectivity index (χ4v) is 9.17. The van der Waals surface area contributed by atoms with Crippen LogP contribution in [0, 0.1) is 28.6 Å². The van der Waals surface area contributed by atoms with Crippen molar-refractivity contribution in [2.45, 2.75) is 62.9 Å². The zero-order valence-corrected chi connectivity index (χ0v) is 17.0. The van der Waals surface area contributed by atoms with Crippen molar-refractivity contribution in [2.24, 2.45) is 28.6 Å². The summed E-state index contributed by atoms with van der Waals surface area (Å²) in [5, 5.41) is 10.4. The van der Waals surface area contributed by atoms with Crippen molar-refractivity contribution < 1.29 is 9.90 Å². The van der Waals surface area contributed by atoms with E-state index in [1.54, 1.807) is 0 Å². The van der Waals surface area contributed by atoms with E-state index in [-0.39, 0.29) is 28.5 Å². The van der Waals surface area contributed by atoms with Crippen molar-refractivity contribution >= 4 is 5.78 Å². The Morgan fingerprint density at radius 3 is 2.82 bits per heavy atom. The summed E-state index contributed by atoms with van der Waals surface area (Å²) in [6.07, 6.45) is 11.6. The number of hydrogen-bond donors (Lipinski definition) is 1. The van der Waals surface area contributed by atoms with E-state index in [9.17, 15) is 9.90 Å². The SMILES string of the molecule is C=CN1C2(CO)C=C(C)C3CC(=C)C45CCC(CC4C34CC14CC2)C(=C)C5=O. The molecule has 6 fully saturated rings. The van der Waals surface area contributed by atoms with E-state index in [0.29, 0.717) is 23.5 Å². The zero-order valence-electron chi connectivity index (χ0n) is 17.0. The topological polar surface area (TPSA) is 40.5 Å². The van der Waals surface area contributed by atoms with Crippen LogP contribution in [0.3, 0.4) is 0 Å². The summed E-state index contributed by atoms with van der Waals surface area (Å²) in [5.74, 6) is 1.46. The number of ketones is 1. The van der Waals surface area contributed by atoms with Crippen LogP contribution in [-0.4, -0.2) is 33.5 Å². The molecular weight excluding hydrogens is 346 g/mol. The van der Waals surface area contributed by atoms with Crippen LogP contribution >= 0.6 is 0 Å². The molecule has 3 heteroatoms. The molecule has 3 spiro atoms. The monoisotopic (exact) mass is 377 g/mol. The minimum atomic E-state index is -0.381. The molecule has 1 saturated heterocycles. The van der Waals surface area contributed by atoms with Gasteiger partial charge in [-0.2, -0.15) is 0 Å². The number of carbonyl (C=O) groups is 1. The summed E-state index contributed by atoms with van der Waals surface area (Å²) in [6.45, 7) is 15.3. The molecule has 4 bridgehead atoms. The molecule has 0 aromatic heterocycles. The van der Waals surface area contributed by atoms with Gasteiger partial charge >= 0.3 is 0 Å². The molecule has 28 heavy (non-hydrogen) atoms. The highest BCUT2D eigenvalue weighted by molar-refractivity contribution is 6.04. The third kappa shape index (κ3) is 1.44.